The van der Waals surface area contributed by atoms with Gasteiger partial charge < -0.3 is 14.2 Å². The Labute approximate surface area is 421 Å². The molecule has 6 heteroatoms. The number of hydrogen-bond acceptors (Lipinski definition) is 6. The molecular formula is C62H110O6. The van der Waals surface area contributed by atoms with Gasteiger partial charge in [-0.3, -0.25) is 14.4 Å². The van der Waals surface area contributed by atoms with Crippen LogP contribution in [0.1, 0.15) is 297 Å². The molecule has 0 radical (unpaired) electrons. The highest BCUT2D eigenvalue weighted by atomic mass is 16.6. The lowest BCUT2D eigenvalue weighted by molar-refractivity contribution is -0.166. The Morgan fingerprint density at radius 1 is 0.309 bits per heavy atom. The number of ether oxygens (including phenoxy) is 3. The number of carbonyl (C=O) groups is 3. The lowest BCUT2D eigenvalue weighted by atomic mass is 10.0. The molecule has 0 N–H and O–H groups in total. The number of unbranched alkanes of at least 4 members (excludes halogenated alkanes) is 33. The second-order valence-electron chi connectivity index (χ2n) is 19.6. The van der Waals surface area contributed by atoms with Crippen LogP contribution in [0.3, 0.4) is 0 Å². The van der Waals surface area contributed by atoms with Crippen LogP contribution in [0.15, 0.2) is 60.8 Å². The summed E-state index contributed by atoms with van der Waals surface area (Å²) >= 11 is 0. The van der Waals surface area contributed by atoms with E-state index in [1.54, 1.807) is 6.08 Å². The molecular weight excluding hydrogens is 841 g/mol. The Morgan fingerprint density at radius 2 is 0.574 bits per heavy atom. The molecule has 0 aliphatic carbocycles. The van der Waals surface area contributed by atoms with Gasteiger partial charge in [0, 0.05) is 12.8 Å². The maximum absolute atomic E-state index is 12.9. The van der Waals surface area contributed by atoms with Crippen LogP contribution in [-0.2, 0) is 28.6 Å². The van der Waals surface area contributed by atoms with E-state index in [0.717, 1.165) is 70.6 Å². The highest BCUT2D eigenvalue weighted by molar-refractivity contribution is 5.72. The fourth-order valence-corrected chi connectivity index (χ4v) is 8.46. The van der Waals surface area contributed by atoms with E-state index in [1.165, 1.54) is 186 Å². The van der Waals surface area contributed by atoms with Gasteiger partial charge in [-0.05, 0) is 44.9 Å². The summed E-state index contributed by atoms with van der Waals surface area (Å²) in [5.41, 5.74) is 0. The second-order valence-corrected chi connectivity index (χ2v) is 19.6. The van der Waals surface area contributed by atoms with Gasteiger partial charge in [0.1, 0.15) is 13.2 Å². The maximum atomic E-state index is 12.9. The van der Waals surface area contributed by atoms with E-state index < -0.39 is 12.1 Å². The van der Waals surface area contributed by atoms with E-state index in [1.807, 2.05) is 6.08 Å². The standard InChI is InChI=1S/C62H110O6/c1-4-7-10-13-16-19-22-25-28-30-32-34-37-40-43-46-49-52-55-61(64)67-58-59(57-66-60(63)54-51-48-45-42-39-36-33-27-24-21-18-15-12-9-6-3)68-62(65)56-53-50-47-44-41-38-35-31-29-26-23-20-17-14-11-8-5-2/h9,12,18,21,27,33,39,42,48,51,59H,4-8,10-11,13-17,19-20,22-26,28-32,34-38,40-41,43-47,49-50,52-58H2,1-3H3/b12-9-,21-18-,33-27-,42-39-,51-48-. The second kappa shape index (κ2) is 56.7. The van der Waals surface area contributed by atoms with Crippen LogP contribution in [0.4, 0.5) is 0 Å². The molecule has 1 unspecified atom stereocenters. The molecule has 68 heavy (non-hydrogen) atoms. The monoisotopic (exact) mass is 951 g/mol. The van der Waals surface area contributed by atoms with Crippen LogP contribution in [0.5, 0.6) is 0 Å². The average Bonchev–Trinajstić information content (AvgIpc) is 3.34. The van der Waals surface area contributed by atoms with E-state index in [0.29, 0.717) is 12.8 Å². The van der Waals surface area contributed by atoms with E-state index in [2.05, 4.69) is 69.4 Å². The van der Waals surface area contributed by atoms with Crippen molar-refractivity contribution in [3.8, 4) is 0 Å². The molecule has 0 amide bonds. The molecule has 0 aliphatic heterocycles. The van der Waals surface area contributed by atoms with Gasteiger partial charge in [0.25, 0.3) is 0 Å². The summed E-state index contributed by atoms with van der Waals surface area (Å²) in [5, 5.41) is 0. The van der Waals surface area contributed by atoms with Crippen LogP contribution >= 0.6 is 0 Å². The molecule has 1 atom stereocenters. The first kappa shape index (κ1) is 65.1. The van der Waals surface area contributed by atoms with Crippen molar-refractivity contribution in [2.45, 2.75) is 303 Å². The van der Waals surface area contributed by atoms with Gasteiger partial charge in [-0.2, -0.15) is 0 Å². The topological polar surface area (TPSA) is 78.9 Å². The van der Waals surface area contributed by atoms with Gasteiger partial charge in [-0.1, -0.05) is 293 Å². The van der Waals surface area contributed by atoms with Crippen molar-refractivity contribution in [3.05, 3.63) is 60.8 Å². The summed E-state index contributed by atoms with van der Waals surface area (Å²) in [5.74, 6) is -1.02. The molecule has 0 aliphatic rings. The van der Waals surface area contributed by atoms with Gasteiger partial charge in [-0.15, -0.1) is 0 Å². The third-order valence-corrected chi connectivity index (χ3v) is 12.8. The molecule has 0 heterocycles. The molecule has 0 bridgehead atoms. The Kier molecular flexibility index (Phi) is 54.3. The molecule has 0 rings (SSSR count). The molecule has 394 valence electrons. The highest BCUT2D eigenvalue weighted by Crippen LogP contribution is 2.17. The van der Waals surface area contributed by atoms with Gasteiger partial charge in [0.2, 0.25) is 0 Å². The van der Waals surface area contributed by atoms with Crippen molar-refractivity contribution in [2.75, 3.05) is 13.2 Å². The molecule has 0 saturated heterocycles. The van der Waals surface area contributed by atoms with Crippen molar-refractivity contribution in [1.29, 1.82) is 0 Å². The molecule has 0 aromatic carbocycles. The van der Waals surface area contributed by atoms with Crippen molar-refractivity contribution in [2.24, 2.45) is 0 Å². The molecule has 0 spiro atoms. The largest absolute Gasteiger partial charge is 0.462 e. The van der Waals surface area contributed by atoms with E-state index >= 15 is 0 Å². The fourth-order valence-electron chi connectivity index (χ4n) is 8.46. The minimum Gasteiger partial charge on any atom is -0.462 e. The van der Waals surface area contributed by atoms with Crippen molar-refractivity contribution >= 4 is 17.9 Å². The summed E-state index contributed by atoms with van der Waals surface area (Å²) in [6.07, 6.45) is 71.0. The quantitative estimate of drug-likeness (QED) is 0.0262. The van der Waals surface area contributed by atoms with Crippen LogP contribution in [0, 0.1) is 0 Å². The zero-order valence-corrected chi connectivity index (χ0v) is 45.1. The smallest absolute Gasteiger partial charge is 0.309 e. The first-order chi connectivity index (χ1) is 33.5. The van der Waals surface area contributed by atoms with Crippen molar-refractivity contribution in [1.82, 2.24) is 0 Å². The minimum atomic E-state index is -0.810. The predicted octanol–water partition coefficient (Wildman–Crippen LogP) is 19.6. The first-order valence-corrected chi connectivity index (χ1v) is 29.3. The number of rotatable bonds is 53. The average molecular weight is 952 g/mol. The summed E-state index contributed by atoms with van der Waals surface area (Å²) in [6.45, 7) is 6.48. The Balaban J connectivity index is 4.42. The Bertz CT molecular complexity index is 1230. The van der Waals surface area contributed by atoms with Gasteiger partial charge in [-0.25, -0.2) is 0 Å². The summed E-state index contributed by atoms with van der Waals surface area (Å²) < 4.78 is 16.8. The Hall–Kier alpha value is -2.89. The van der Waals surface area contributed by atoms with Crippen molar-refractivity contribution < 1.29 is 28.6 Å². The third-order valence-electron chi connectivity index (χ3n) is 12.8. The maximum Gasteiger partial charge on any atom is 0.309 e. The number of carbonyl (C=O) groups excluding carboxylic acids is 3. The Morgan fingerprint density at radius 3 is 0.897 bits per heavy atom. The minimum absolute atomic E-state index is 0.0996. The number of esters is 3. The van der Waals surface area contributed by atoms with Gasteiger partial charge >= 0.3 is 17.9 Å². The van der Waals surface area contributed by atoms with E-state index in [9.17, 15) is 14.4 Å². The molecule has 0 aromatic rings. The number of hydrogen-bond donors (Lipinski definition) is 0. The van der Waals surface area contributed by atoms with E-state index in [-0.39, 0.29) is 31.6 Å². The van der Waals surface area contributed by atoms with Gasteiger partial charge in [0.15, 0.2) is 6.10 Å². The van der Waals surface area contributed by atoms with Crippen molar-refractivity contribution in [3.63, 3.8) is 0 Å². The molecule has 0 aromatic heterocycles. The lowest BCUT2D eigenvalue weighted by Gasteiger charge is -2.18. The summed E-state index contributed by atoms with van der Waals surface area (Å²) in [4.78, 5) is 38.1. The predicted molar refractivity (Wildman–Crippen MR) is 293 cm³/mol. The fraction of sp³-hybridized carbons (Fsp3) is 0.790. The van der Waals surface area contributed by atoms with Crippen LogP contribution < -0.4 is 0 Å². The lowest BCUT2D eigenvalue weighted by Crippen LogP contribution is -2.30. The third kappa shape index (κ3) is 54.1. The highest BCUT2D eigenvalue weighted by Gasteiger charge is 2.19. The van der Waals surface area contributed by atoms with Crippen LogP contribution in [0.25, 0.3) is 0 Å². The summed E-state index contributed by atoms with van der Waals surface area (Å²) in [7, 11) is 0. The number of allylic oxidation sites excluding steroid dienone is 9. The van der Waals surface area contributed by atoms with E-state index in [4.69, 9.17) is 14.2 Å². The van der Waals surface area contributed by atoms with Gasteiger partial charge in [0.05, 0.1) is 6.42 Å². The zero-order valence-electron chi connectivity index (χ0n) is 45.1. The summed E-state index contributed by atoms with van der Waals surface area (Å²) in [6, 6.07) is 0. The molecule has 0 saturated carbocycles. The van der Waals surface area contributed by atoms with Crippen LogP contribution in [-0.4, -0.2) is 37.2 Å². The van der Waals surface area contributed by atoms with Crippen LogP contribution in [0.2, 0.25) is 0 Å². The molecule has 0 fully saturated rings. The zero-order chi connectivity index (χ0) is 49.3. The normalized spacial score (nSPS) is 12.5. The first-order valence-electron chi connectivity index (χ1n) is 29.3. The SMILES string of the molecule is CC/C=C\C/C=C\C/C=C\C/C=C\C/C=C\CC(=O)OCC(COC(=O)CCCCCCCCCCCCCCCCCCCC)OC(=O)CCCCCCCCCCCCCCCCCCC. The molecule has 6 nitrogen and oxygen atoms in total.